The quantitative estimate of drug-likeness (QED) is 0.870. The Morgan fingerprint density at radius 2 is 1.95 bits per heavy atom. The van der Waals surface area contributed by atoms with E-state index in [0.29, 0.717) is 13.2 Å². The highest BCUT2D eigenvalue weighted by atomic mass is 16.5. The van der Waals surface area contributed by atoms with Crippen LogP contribution in [0.1, 0.15) is 47.6 Å². The van der Waals surface area contributed by atoms with Gasteiger partial charge in [0.25, 0.3) is 0 Å². The molecule has 1 aliphatic heterocycles. The van der Waals surface area contributed by atoms with Gasteiger partial charge in [0.1, 0.15) is 0 Å². The van der Waals surface area contributed by atoms with Gasteiger partial charge in [0.05, 0.1) is 25.4 Å². The van der Waals surface area contributed by atoms with Gasteiger partial charge in [-0.25, -0.2) is 0 Å². The average molecular weight is 291 g/mol. The van der Waals surface area contributed by atoms with E-state index in [1.165, 1.54) is 35.1 Å². The molecule has 2 unspecified atom stereocenters. The number of nitrogens with one attached hydrogen (secondary N) is 1. The van der Waals surface area contributed by atoms with Crippen molar-refractivity contribution < 1.29 is 9.47 Å². The second kappa shape index (κ2) is 7.92. The van der Waals surface area contributed by atoms with Crippen molar-refractivity contribution in [2.24, 2.45) is 0 Å². The smallest absolute Gasteiger partial charge is 0.0808 e. The molecule has 0 aromatic heterocycles. The van der Waals surface area contributed by atoms with Gasteiger partial charge in [-0.05, 0) is 63.8 Å². The summed E-state index contributed by atoms with van der Waals surface area (Å²) in [6.45, 7) is 8.81. The van der Waals surface area contributed by atoms with Crippen LogP contribution in [0.5, 0.6) is 0 Å². The molecule has 1 aromatic carbocycles. The zero-order valence-electron chi connectivity index (χ0n) is 13.9. The Kier molecular flexibility index (Phi) is 6.22. The maximum absolute atomic E-state index is 5.93. The van der Waals surface area contributed by atoms with Crippen molar-refractivity contribution in [3.8, 4) is 0 Å². The Morgan fingerprint density at radius 1 is 1.24 bits per heavy atom. The van der Waals surface area contributed by atoms with E-state index in [-0.39, 0.29) is 12.1 Å². The third-order valence-electron chi connectivity index (χ3n) is 4.30. The molecule has 1 fully saturated rings. The summed E-state index contributed by atoms with van der Waals surface area (Å²) in [6.07, 6.45) is 3.88. The van der Waals surface area contributed by atoms with Crippen LogP contribution in [0.3, 0.4) is 0 Å². The van der Waals surface area contributed by atoms with E-state index in [0.717, 1.165) is 13.0 Å². The van der Waals surface area contributed by atoms with E-state index >= 15 is 0 Å². The molecule has 0 spiro atoms. The van der Waals surface area contributed by atoms with Gasteiger partial charge < -0.3 is 14.8 Å². The Balaban J connectivity index is 1.93. The first kappa shape index (κ1) is 16.5. The standard InChI is InChI=1S/C18H29NO2/c1-13-9-14(2)18(15(3)10-13)17(19-4)12-20-11-16-7-5-6-8-21-16/h9-10,16-17,19H,5-8,11-12H2,1-4H3. The van der Waals surface area contributed by atoms with Crippen molar-refractivity contribution in [2.75, 3.05) is 26.9 Å². The van der Waals surface area contributed by atoms with Crippen LogP contribution >= 0.6 is 0 Å². The number of likely N-dealkylation sites (N-methyl/N-ethyl adjacent to an activating group) is 1. The zero-order valence-corrected chi connectivity index (χ0v) is 13.9. The fourth-order valence-electron chi connectivity index (χ4n) is 3.31. The summed E-state index contributed by atoms with van der Waals surface area (Å²) in [5.74, 6) is 0. The molecule has 0 radical (unpaired) electrons. The second-order valence-electron chi connectivity index (χ2n) is 6.18. The van der Waals surface area contributed by atoms with E-state index in [2.05, 4.69) is 38.2 Å². The number of ether oxygens (including phenoxy) is 2. The highest BCUT2D eigenvalue weighted by molar-refractivity contribution is 5.39. The van der Waals surface area contributed by atoms with E-state index < -0.39 is 0 Å². The molecular weight excluding hydrogens is 262 g/mol. The molecule has 1 aliphatic rings. The molecule has 118 valence electrons. The van der Waals surface area contributed by atoms with Crippen LogP contribution in [0.15, 0.2) is 12.1 Å². The summed E-state index contributed by atoms with van der Waals surface area (Å²) < 4.78 is 11.7. The van der Waals surface area contributed by atoms with E-state index in [9.17, 15) is 0 Å². The molecule has 0 bridgehead atoms. The molecule has 1 aromatic rings. The van der Waals surface area contributed by atoms with Crippen molar-refractivity contribution >= 4 is 0 Å². The highest BCUT2D eigenvalue weighted by Gasteiger charge is 2.18. The van der Waals surface area contributed by atoms with E-state index in [1.54, 1.807) is 0 Å². The summed E-state index contributed by atoms with van der Waals surface area (Å²) in [5.41, 5.74) is 5.36. The number of hydrogen-bond acceptors (Lipinski definition) is 3. The number of benzene rings is 1. The number of aryl methyl sites for hydroxylation is 3. The van der Waals surface area contributed by atoms with Gasteiger partial charge in [-0.3, -0.25) is 0 Å². The largest absolute Gasteiger partial charge is 0.377 e. The number of rotatable bonds is 6. The monoisotopic (exact) mass is 291 g/mol. The molecular formula is C18H29NO2. The SMILES string of the molecule is CNC(COCC1CCCCO1)c1c(C)cc(C)cc1C. The molecule has 3 heteroatoms. The zero-order chi connectivity index (χ0) is 15.2. The Hall–Kier alpha value is -0.900. The molecule has 1 saturated heterocycles. The minimum Gasteiger partial charge on any atom is -0.377 e. The first-order valence-corrected chi connectivity index (χ1v) is 8.06. The van der Waals surface area contributed by atoms with Crippen molar-refractivity contribution in [2.45, 2.75) is 52.2 Å². The third-order valence-corrected chi connectivity index (χ3v) is 4.30. The van der Waals surface area contributed by atoms with Crippen LogP contribution in [0.25, 0.3) is 0 Å². The first-order chi connectivity index (χ1) is 10.1. The van der Waals surface area contributed by atoms with Crippen LogP contribution in [0.4, 0.5) is 0 Å². The Morgan fingerprint density at radius 3 is 2.52 bits per heavy atom. The lowest BCUT2D eigenvalue weighted by Crippen LogP contribution is -2.28. The van der Waals surface area contributed by atoms with Gasteiger partial charge in [0.2, 0.25) is 0 Å². The predicted molar refractivity (Wildman–Crippen MR) is 86.9 cm³/mol. The lowest BCUT2D eigenvalue weighted by Gasteiger charge is -2.25. The summed E-state index contributed by atoms with van der Waals surface area (Å²) in [4.78, 5) is 0. The van der Waals surface area contributed by atoms with Crippen LogP contribution in [0.2, 0.25) is 0 Å². The molecule has 0 saturated carbocycles. The van der Waals surface area contributed by atoms with Crippen molar-refractivity contribution in [3.63, 3.8) is 0 Å². The van der Waals surface area contributed by atoms with Gasteiger partial charge in [-0.1, -0.05) is 17.7 Å². The molecule has 21 heavy (non-hydrogen) atoms. The fraction of sp³-hybridized carbons (Fsp3) is 0.667. The van der Waals surface area contributed by atoms with Crippen LogP contribution < -0.4 is 5.32 Å². The van der Waals surface area contributed by atoms with Gasteiger partial charge >= 0.3 is 0 Å². The fourth-order valence-corrected chi connectivity index (χ4v) is 3.31. The summed E-state index contributed by atoms with van der Waals surface area (Å²) in [7, 11) is 2.00. The minimum absolute atomic E-state index is 0.245. The third kappa shape index (κ3) is 4.53. The van der Waals surface area contributed by atoms with E-state index in [4.69, 9.17) is 9.47 Å². The molecule has 2 rings (SSSR count). The highest BCUT2D eigenvalue weighted by Crippen LogP contribution is 2.24. The normalized spacial score (nSPS) is 20.5. The van der Waals surface area contributed by atoms with Crippen LogP contribution in [-0.2, 0) is 9.47 Å². The molecule has 1 heterocycles. The lowest BCUT2D eigenvalue weighted by molar-refractivity contribution is -0.0440. The Bertz CT molecular complexity index is 430. The molecule has 0 amide bonds. The topological polar surface area (TPSA) is 30.5 Å². The summed E-state index contributed by atoms with van der Waals surface area (Å²) in [6, 6.07) is 4.74. The van der Waals surface area contributed by atoms with Crippen molar-refractivity contribution in [3.05, 3.63) is 34.4 Å². The molecule has 0 aliphatic carbocycles. The van der Waals surface area contributed by atoms with Crippen LogP contribution in [-0.4, -0.2) is 33.0 Å². The molecule has 1 N–H and O–H groups in total. The van der Waals surface area contributed by atoms with Crippen molar-refractivity contribution in [1.29, 1.82) is 0 Å². The van der Waals surface area contributed by atoms with E-state index in [1.807, 2.05) is 7.05 Å². The maximum Gasteiger partial charge on any atom is 0.0808 e. The molecule has 2 atom stereocenters. The van der Waals surface area contributed by atoms with Crippen LogP contribution in [0, 0.1) is 20.8 Å². The Labute approximate surface area is 129 Å². The minimum atomic E-state index is 0.245. The molecule has 3 nitrogen and oxygen atoms in total. The summed E-state index contributed by atoms with van der Waals surface area (Å²) >= 11 is 0. The van der Waals surface area contributed by atoms with Gasteiger partial charge in [-0.15, -0.1) is 0 Å². The number of hydrogen-bond donors (Lipinski definition) is 1. The first-order valence-electron chi connectivity index (χ1n) is 8.06. The summed E-state index contributed by atoms with van der Waals surface area (Å²) in [5, 5.41) is 3.39. The maximum atomic E-state index is 5.93. The predicted octanol–water partition coefficient (Wildman–Crippen LogP) is 3.46. The lowest BCUT2D eigenvalue weighted by atomic mass is 9.94. The second-order valence-corrected chi connectivity index (χ2v) is 6.18. The van der Waals surface area contributed by atoms with Crippen molar-refractivity contribution in [1.82, 2.24) is 5.32 Å². The average Bonchev–Trinajstić information content (AvgIpc) is 2.45. The van der Waals surface area contributed by atoms with Gasteiger partial charge in [-0.2, -0.15) is 0 Å². The van der Waals surface area contributed by atoms with Gasteiger partial charge in [0, 0.05) is 6.61 Å². The van der Waals surface area contributed by atoms with Gasteiger partial charge in [0.15, 0.2) is 0 Å².